The van der Waals surface area contributed by atoms with Crippen LogP contribution in [0.2, 0.25) is 0 Å². The van der Waals surface area contributed by atoms with Gasteiger partial charge in [-0.1, -0.05) is 17.7 Å². The molecule has 0 aliphatic carbocycles. The number of hydrogen-bond acceptors (Lipinski definition) is 7. The van der Waals surface area contributed by atoms with Crippen molar-refractivity contribution in [1.29, 1.82) is 0 Å². The van der Waals surface area contributed by atoms with Crippen molar-refractivity contribution in [2.45, 2.75) is 25.7 Å². The largest absolute Gasteiger partial charge is 0.462 e. The van der Waals surface area contributed by atoms with Crippen LogP contribution in [-0.4, -0.2) is 37.0 Å². The SMILES string of the molecule is CCOC(=O)c1cn[nH]c1/N=C(\C)NOS(=O)(=O)c1ccc(C)cc1. The summed E-state index contributed by atoms with van der Waals surface area (Å²) in [5.41, 5.74) is 3.29. The molecule has 1 heterocycles. The van der Waals surface area contributed by atoms with E-state index in [-0.39, 0.29) is 28.7 Å². The van der Waals surface area contributed by atoms with Gasteiger partial charge in [-0.15, -0.1) is 4.28 Å². The summed E-state index contributed by atoms with van der Waals surface area (Å²) < 4.78 is 33.8. The van der Waals surface area contributed by atoms with Crippen LogP contribution in [-0.2, 0) is 19.1 Å². The van der Waals surface area contributed by atoms with Crippen LogP contribution in [0.25, 0.3) is 0 Å². The molecule has 9 nitrogen and oxygen atoms in total. The molecule has 0 amide bonds. The molecule has 0 spiro atoms. The second-order valence-corrected chi connectivity index (χ2v) is 6.55. The van der Waals surface area contributed by atoms with Gasteiger partial charge in [-0.3, -0.25) is 5.10 Å². The number of nitrogens with zero attached hydrogens (tertiary/aromatic N) is 2. The third kappa shape index (κ3) is 4.88. The lowest BCUT2D eigenvalue weighted by atomic mass is 10.2. The number of esters is 1. The summed E-state index contributed by atoms with van der Waals surface area (Å²) in [6.45, 7) is 5.21. The molecule has 25 heavy (non-hydrogen) atoms. The number of H-pyrrole nitrogens is 1. The Morgan fingerprint density at radius 3 is 2.64 bits per heavy atom. The maximum absolute atomic E-state index is 12.1. The third-order valence-electron chi connectivity index (χ3n) is 3.00. The summed E-state index contributed by atoms with van der Waals surface area (Å²) >= 11 is 0. The van der Waals surface area contributed by atoms with Gasteiger partial charge in [-0.2, -0.15) is 13.5 Å². The summed E-state index contributed by atoms with van der Waals surface area (Å²) in [5, 5.41) is 6.25. The van der Waals surface area contributed by atoms with Crippen molar-refractivity contribution in [3.8, 4) is 0 Å². The van der Waals surface area contributed by atoms with Crippen molar-refractivity contribution in [3.05, 3.63) is 41.6 Å². The van der Waals surface area contributed by atoms with Crippen molar-refractivity contribution in [2.24, 2.45) is 4.99 Å². The molecule has 1 aromatic heterocycles. The maximum atomic E-state index is 12.1. The number of rotatable bonds is 6. The number of benzene rings is 1. The molecule has 2 aromatic rings. The normalized spacial score (nSPS) is 12.0. The Morgan fingerprint density at radius 2 is 2.00 bits per heavy atom. The standard InChI is InChI=1S/C15H18N4O5S/c1-4-23-15(20)13-9-16-18-14(13)17-11(3)19-24-25(21,22)12-7-5-10(2)6-8-12/h5-9H,4H2,1-3H3,(H2,16,17,18,19). The van der Waals surface area contributed by atoms with E-state index in [1.165, 1.54) is 25.3 Å². The van der Waals surface area contributed by atoms with E-state index in [1.807, 2.05) is 6.92 Å². The summed E-state index contributed by atoms with van der Waals surface area (Å²) in [6.07, 6.45) is 1.27. The zero-order chi connectivity index (χ0) is 18.4. The van der Waals surface area contributed by atoms with Gasteiger partial charge >= 0.3 is 16.1 Å². The average Bonchev–Trinajstić information content (AvgIpc) is 3.02. The zero-order valence-electron chi connectivity index (χ0n) is 13.9. The van der Waals surface area contributed by atoms with Gasteiger partial charge in [0.25, 0.3) is 0 Å². The quantitative estimate of drug-likeness (QED) is 0.346. The molecular formula is C15H18N4O5S. The molecule has 0 fully saturated rings. The lowest BCUT2D eigenvalue weighted by molar-refractivity contribution is 0.0527. The first-order chi connectivity index (χ1) is 11.8. The number of amidine groups is 1. The fourth-order valence-electron chi connectivity index (χ4n) is 1.78. The number of hydrogen-bond donors (Lipinski definition) is 2. The third-order valence-corrected chi connectivity index (χ3v) is 4.16. The van der Waals surface area contributed by atoms with E-state index in [0.717, 1.165) is 5.56 Å². The van der Waals surface area contributed by atoms with Gasteiger partial charge < -0.3 is 4.74 Å². The van der Waals surface area contributed by atoms with Gasteiger partial charge in [-0.05, 0) is 32.9 Å². The fourth-order valence-corrected chi connectivity index (χ4v) is 2.58. The van der Waals surface area contributed by atoms with Crippen molar-refractivity contribution in [2.75, 3.05) is 6.61 Å². The number of nitrogens with one attached hydrogen (secondary N) is 2. The highest BCUT2D eigenvalue weighted by Crippen LogP contribution is 2.16. The molecular weight excluding hydrogens is 348 g/mol. The zero-order valence-corrected chi connectivity index (χ0v) is 14.8. The van der Waals surface area contributed by atoms with E-state index in [1.54, 1.807) is 19.1 Å². The molecule has 0 aliphatic heterocycles. The van der Waals surface area contributed by atoms with Crippen LogP contribution in [0.1, 0.15) is 29.8 Å². The van der Waals surface area contributed by atoms with Gasteiger partial charge in [0.1, 0.15) is 11.4 Å². The molecule has 0 unspecified atom stereocenters. The Labute approximate surface area is 145 Å². The molecule has 10 heteroatoms. The number of hydroxylamine groups is 1. The van der Waals surface area contributed by atoms with Crippen LogP contribution in [0.4, 0.5) is 5.82 Å². The fraction of sp³-hybridized carbons (Fsp3) is 0.267. The lowest BCUT2D eigenvalue weighted by Crippen LogP contribution is -2.25. The Hall–Kier alpha value is -2.72. The minimum absolute atomic E-state index is 0.00662. The number of carbonyl (C=O) groups is 1. The highest BCUT2D eigenvalue weighted by Gasteiger charge is 2.17. The molecule has 0 saturated heterocycles. The summed E-state index contributed by atoms with van der Waals surface area (Å²) in [7, 11) is -4.00. The van der Waals surface area contributed by atoms with Crippen molar-refractivity contribution < 1.29 is 22.2 Å². The second-order valence-electron chi connectivity index (χ2n) is 5.00. The molecule has 0 radical (unpaired) electrons. The topological polar surface area (TPSA) is 123 Å². The number of carbonyl (C=O) groups excluding carboxylic acids is 1. The van der Waals surface area contributed by atoms with Gasteiger partial charge in [0.2, 0.25) is 0 Å². The number of aliphatic imine (C=N–C) groups is 1. The van der Waals surface area contributed by atoms with Crippen molar-refractivity contribution >= 4 is 27.7 Å². The minimum atomic E-state index is -4.00. The molecule has 134 valence electrons. The van der Waals surface area contributed by atoms with E-state index < -0.39 is 16.1 Å². The number of aryl methyl sites for hydroxylation is 1. The van der Waals surface area contributed by atoms with E-state index >= 15 is 0 Å². The second kappa shape index (κ2) is 7.90. The van der Waals surface area contributed by atoms with Crippen molar-refractivity contribution in [3.63, 3.8) is 0 Å². The predicted octanol–water partition coefficient (Wildman–Crippen LogP) is 1.85. The molecule has 2 N–H and O–H groups in total. The van der Waals surface area contributed by atoms with Gasteiger partial charge in [0.05, 0.1) is 17.7 Å². The monoisotopic (exact) mass is 366 g/mol. The first-order valence-electron chi connectivity index (χ1n) is 7.35. The van der Waals surface area contributed by atoms with Crippen LogP contribution < -0.4 is 5.48 Å². The van der Waals surface area contributed by atoms with Crippen LogP contribution in [0.3, 0.4) is 0 Å². The lowest BCUT2D eigenvalue weighted by Gasteiger charge is -2.07. The Morgan fingerprint density at radius 1 is 1.32 bits per heavy atom. The van der Waals surface area contributed by atoms with Crippen LogP contribution >= 0.6 is 0 Å². The van der Waals surface area contributed by atoms with E-state index in [4.69, 9.17) is 9.02 Å². The van der Waals surface area contributed by atoms with Crippen LogP contribution in [0.5, 0.6) is 0 Å². The molecule has 0 bridgehead atoms. The van der Waals surface area contributed by atoms with Crippen LogP contribution in [0, 0.1) is 6.92 Å². The van der Waals surface area contributed by atoms with E-state index in [9.17, 15) is 13.2 Å². The minimum Gasteiger partial charge on any atom is -0.462 e. The van der Waals surface area contributed by atoms with Crippen LogP contribution in [0.15, 0.2) is 40.4 Å². The summed E-state index contributed by atoms with van der Waals surface area (Å²) in [6, 6.07) is 6.19. The Balaban J connectivity index is 2.08. The molecule has 0 aliphatic rings. The number of ether oxygens (including phenoxy) is 1. The van der Waals surface area contributed by atoms with E-state index in [0.29, 0.717) is 0 Å². The molecule has 2 rings (SSSR count). The highest BCUT2D eigenvalue weighted by atomic mass is 32.2. The first kappa shape index (κ1) is 18.6. The Bertz CT molecular complexity index is 872. The highest BCUT2D eigenvalue weighted by molar-refractivity contribution is 7.86. The molecule has 1 aromatic carbocycles. The average molecular weight is 366 g/mol. The van der Waals surface area contributed by atoms with E-state index in [2.05, 4.69) is 20.7 Å². The Kier molecular flexibility index (Phi) is 5.88. The first-order valence-corrected chi connectivity index (χ1v) is 8.76. The smallest absolute Gasteiger partial charge is 0.343 e. The molecule has 0 atom stereocenters. The molecule has 0 saturated carbocycles. The maximum Gasteiger partial charge on any atom is 0.343 e. The summed E-state index contributed by atoms with van der Waals surface area (Å²) in [4.78, 5) is 15.8. The van der Waals surface area contributed by atoms with Gasteiger partial charge in [-0.25, -0.2) is 15.3 Å². The van der Waals surface area contributed by atoms with Gasteiger partial charge in [0, 0.05) is 0 Å². The predicted molar refractivity (Wildman–Crippen MR) is 89.9 cm³/mol. The number of aromatic nitrogens is 2. The van der Waals surface area contributed by atoms with Gasteiger partial charge in [0.15, 0.2) is 5.82 Å². The van der Waals surface area contributed by atoms with Crippen molar-refractivity contribution in [1.82, 2.24) is 15.7 Å². The summed E-state index contributed by atoms with van der Waals surface area (Å²) in [5.74, 6) is -0.360. The number of aromatic amines is 1.